The first kappa shape index (κ1) is 23.2. The summed E-state index contributed by atoms with van der Waals surface area (Å²) in [6.45, 7) is 0. The lowest BCUT2D eigenvalue weighted by molar-refractivity contribution is 0.102. The van der Waals surface area contributed by atoms with Gasteiger partial charge in [-0.3, -0.25) is 9.52 Å². The summed E-state index contributed by atoms with van der Waals surface area (Å²) < 4.78 is 43.9. The fraction of sp³-hybridized carbons (Fsp3) is 0.136. The van der Waals surface area contributed by atoms with Crippen LogP contribution in [0.3, 0.4) is 0 Å². The van der Waals surface area contributed by atoms with E-state index in [0.29, 0.717) is 28.0 Å². The molecule has 1 amide bonds. The van der Waals surface area contributed by atoms with Crippen LogP contribution in [-0.4, -0.2) is 35.7 Å². The summed E-state index contributed by atoms with van der Waals surface area (Å²) in [6, 6.07) is 15.1. The molecule has 8 nitrogen and oxygen atoms in total. The minimum atomic E-state index is -4.02. The van der Waals surface area contributed by atoms with Crippen molar-refractivity contribution in [2.24, 2.45) is 0 Å². The van der Waals surface area contributed by atoms with Gasteiger partial charge in [-0.1, -0.05) is 17.7 Å². The van der Waals surface area contributed by atoms with Crippen LogP contribution in [0.5, 0.6) is 17.2 Å². The molecule has 3 rings (SSSR count). The molecule has 0 aromatic heterocycles. The number of nitrogens with one attached hydrogen (secondary N) is 2. The van der Waals surface area contributed by atoms with Gasteiger partial charge in [-0.25, -0.2) is 8.42 Å². The van der Waals surface area contributed by atoms with Crippen molar-refractivity contribution in [3.8, 4) is 17.2 Å². The van der Waals surface area contributed by atoms with Crippen molar-refractivity contribution < 1.29 is 27.4 Å². The maximum Gasteiger partial charge on any atom is 0.262 e. The van der Waals surface area contributed by atoms with Gasteiger partial charge in [-0.2, -0.15) is 0 Å². The lowest BCUT2D eigenvalue weighted by Crippen LogP contribution is -2.16. The highest BCUT2D eigenvalue weighted by molar-refractivity contribution is 7.92. The average Bonchev–Trinajstić information content (AvgIpc) is 2.79. The maximum absolute atomic E-state index is 12.9. The van der Waals surface area contributed by atoms with Crippen LogP contribution in [0.1, 0.15) is 10.4 Å². The first-order valence-electron chi connectivity index (χ1n) is 9.27. The van der Waals surface area contributed by atoms with E-state index in [0.717, 1.165) is 0 Å². The molecule has 2 N–H and O–H groups in total. The van der Waals surface area contributed by atoms with E-state index in [1.807, 2.05) is 0 Å². The molecule has 0 aliphatic heterocycles. The van der Waals surface area contributed by atoms with E-state index >= 15 is 0 Å². The van der Waals surface area contributed by atoms with E-state index in [1.165, 1.54) is 51.7 Å². The maximum atomic E-state index is 12.9. The fourth-order valence-electron chi connectivity index (χ4n) is 2.86. The monoisotopic (exact) mass is 476 g/mol. The SMILES string of the molecule is COc1ccc(NC(=O)c2cccc(S(=O)(=O)Nc3cc(Cl)ccc3OC)c2)c(OC)c1. The minimum Gasteiger partial charge on any atom is -0.497 e. The number of carbonyl (C=O) groups is 1. The predicted molar refractivity (Wildman–Crippen MR) is 123 cm³/mol. The molecule has 10 heteroatoms. The zero-order valence-electron chi connectivity index (χ0n) is 17.5. The molecule has 0 fully saturated rings. The van der Waals surface area contributed by atoms with Crippen LogP contribution < -0.4 is 24.2 Å². The smallest absolute Gasteiger partial charge is 0.262 e. The molecule has 168 valence electrons. The van der Waals surface area contributed by atoms with Crippen molar-refractivity contribution in [1.29, 1.82) is 0 Å². The third-order valence-electron chi connectivity index (χ3n) is 4.47. The van der Waals surface area contributed by atoms with Crippen molar-refractivity contribution in [3.63, 3.8) is 0 Å². The lowest BCUT2D eigenvalue weighted by atomic mass is 10.2. The Kier molecular flexibility index (Phi) is 7.12. The van der Waals surface area contributed by atoms with Crippen molar-refractivity contribution in [2.75, 3.05) is 31.4 Å². The molecule has 0 radical (unpaired) electrons. The van der Waals surface area contributed by atoms with E-state index in [9.17, 15) is 13.2 Å². The molecule has 0 saturated heterocycles. The molecule has 32 heavy (non-hydrogen) atoms. The number of rotatable bonds is 8. The zero-order chi connectivity index (χ0) is 23.3. The van der Waals surface area contributed by atoms with E-state index in [2.05, 4.69) is 10.0 Å². The number of amides is 1. The fourth-order valence-corrected chi connectivity index (χ4v) is 4.14. The van der Waals surface area contributed by atoms with Gasteiger partial charge in [-0.15, -0.1) is 0 Å². The molecule has 0 heterocycles. The summed E-state index contributed by atoms with van der Waals surface area (Å²) in [5, 5.41) is 3.05. The van der Waals surface area contributed by atoms with E-state index in [-0.39, 0.29) is 16.1 Å². The summed E-state index contributed by atoms with van der Waals surface area (Å²) in [6.07, 6.45) is 0. The second-order valence-corrected chi connectivity index (χ2v) is 8.62. The van der Waals surface area contributed by atoms with Crippen molar-refractivity contribution >= 4 is 38.9 Å². The molecule has 0 saturated carbocycles. The molecule has 0 aliphatic carbocycles. The van der Waals surface area contributed by atoms with E-state index < -0.39 is 15.9 Å². The molecule has 0 spiro atoms. The number of sulfonamides is 1. The molecular weight excluding hydrogens is 456 g/mol. The second kappa shape index (κ2) is 9.80. The highest BCUT2D eigenvalue weighted by atomic mass is 35.5. The van der Waals surface area contributed by atoms with Crippen molar-refractivity contribution in [1.82, 2.24) is 0 Å². The zero-order valence-corrected chi connectivity index (χ0v) is 19.1. The summed E-state index contributed by atoms with van der Waals surface area (Å²) in [4.78, 5) is 12.7. The van der Waals surface area contributed by atoms with Gasteiger partial charge in [0.15, 0.2) is 0 Å². The Morgan fingerprint density at radius 3 is 2.28 bits per heavy atom. The van der Waals surface area contributed by atoms with Crippen LogP contribution >= 0.6 is 11.6 Å². The number of methoxy groups -OCH3 is 3. The molecule has 3 aromatic carbocycles. The van der Waals surface area contributed by atoms with Gasteiger partial charge in [0.25, 0.3) is 15.9 Å². The first-order valence-corrected chi connectivity index (χ1v) is 11.1. The molecule has 0 atom stereocenters. The van der Waals surface area contributed by atoms with Crippen LogP contribution in [0.2, 0.25) is 5.02 Å². The Labute approximate surface area is 191 Å². The van der Waals surface area contributed by atoms with Crippen molar-refractivity contribution in [3.05, 3.63) is 71.2 Å². The number of ether oxygens (including phenoxy) is 3. The molecule has 0 bridgehead atoms. The van der Waals surface area contributed by atoms with Gasteiger partial charge in [0.05, 0.1) is 37.6 Å². The second-order valence-electron chi connectivity index (χ2n) is 6.50. The number of anilines is 2. The van der Waals surface area contributed by atoms with Gasteiger partial charge >= 0.3 is 0 Å². The Balaban J connectivity index is 1.86. The van der Waals surface area contributed by atoms with Gasteiger partial charge < -0.3 is 19.5 Å². The Hall–Kier alpha value is -3.43. The third-order valence-corrected chi connectivity index (χ3v) is 6.07. The minimum absolute atomic E-state index is 0.103. The Bertz CT molecular complexity index is 1250. The summed E-state index contributed by atoms with van der Waals surface area (Å²) >= 11 is 5.97. The highest BCUT2D eigenvalue weighted by Gasteiger charge is 2.19. The topological polar surface area (TPSA) is 103 Å². The summed E-state index contributed by atoms with van der Waals surface area (Å²) in [5.74, 6) is 0.760. The Morgan fingerprint density at radius 1 is 0.844 bits per heavy atom. The number of hydrogen-bond acceptors (Lipinski definition) is 6. The van der Waals surface area contributed by atoms with Crippen LogP contribution in [-0.2, 0) is 10.0 Å². The standard InChI is InChI=1S/C22H21ClN2O6S/c1-29-16-8-9-18(21(13-16)31-3)24-22(26)14-5-4-6-17(11-14)32(27,28)25-19-12-15(23)7-10-20(19)30-2/h4-13,25H,1-3H3,(H,24,26). The Morgan fingerprint density at radius 2 is 1.59 bits per heavy atom. The van der Waals surface area contributed by atoms with Crippen molar-refractivity contribution in [2.45, 2.75) is 4.90 Å². The van der Waals surface area contributed by atoms with Crippen LogP contribution in [0, 0.1) is 0 Å². The summed E-state index contributed by atoms with van der Waals surface area (Å²) in [7, 11) is 0.378. The average molecular weight is 477 g/mol. The third kappa shape index (κ3) is 5.24. The number of carbonyl (C=O) groups excluding carboxylic acids is 1. The predicted octanol–water partition coefficient (Wildman–Crippen LogP) is 4.42. The largest absolute Gasteiger partial charge is 0.497 e. The van der Waals surface area contributed by atoms with Crippen LogP contribution in [0.15, 0.2) is 65.6 Å². The normalized spacial score (nSPS) is 10.9. The molecule has 3 aromatic rings. The van der Waals surface area contributed by atoms with Crippen LogP contribution in [0.25, 0.3) is 0 Å². The van der Waals surface area contributed by atoms with Gasteiger partial charge in [0.1, 0.15) is 17.2 Å². The lowest BCUT2D eigenvalue weighted by Gasteiger charge is -2.14. The number of benzene rings is 3. The highest BCUT2D eigenvalue weighted by Crippen LogP contribution is 2.31. The van der Waals surface area contributed by atoms with Gasteiger partial charge in [0.2, 0.25) is 0 Å². The first-order chi connectivity index (χ1) is 15.3. The molecule has 0 aliphatic rings. The summed E-state index contributed by atoms with van der Waals surface area (Å²) in [5.41, 5.74) is 0.731. The number of hydrogen-bond donors (Lipinski definition) is 2. The number of halogens is 1. The van der Waals surface area contributed by atoms with Gasteiger partial charge in [-0.05, 0) is 48.5 Å². The van der Waals surface area contributed by atoms with Gasteiger partial charge in [0, 0.05) is 16.7 Å². The molecule has 0 unspecified atom stereocenters. The van der Waals surface area contributed by atoms with E-state index in [4.69, 9.17) is 25.8 Å². The van der Waals surface area contributed by atoms with E-state index in [1.54, 1.807) is 30.3 Å². The molecular formula is C22H21ClN2O6S. The van der Waals surface area contributed by atoms with Crippen LogP contribution in [0.4, 0.5) is 11.4 Å². The quantitative estimate of drug-likeness (QED) is 0.499.